The van der Waals surface area contributed by atoms with E-state index in [9.17, 15) is 14.4 Å². The Bertz CT molecular complexity index is 912. The number of nitrogens with zero attached hydrogens (tertiary/aromatic N) is 1. The molecule has 0 saturated heterocycles. The minimum atomic E-state index is -0.211. The molecule has 0 aliphatic heterocycles. The first-order valence-electron chi connectivity index (χ1n) is 11.4. The molecule has 1 aromatic rings. The molecule has 4 fully saturated rings. The fraction of sp³-hybridized carbons (Fsp3) is 0.652. The maximum Gasteiger partial charge on any atom is 0.308 e. The van der Waals surface area contributed by atoms with Crippen LogP contribution in [0.2, 0.25) is 5.15 Å². The molecule has 3 N–H and O–H groups in total. The van der Waals surface area contributed by atoms with Crippen LogP contribution in [0.25, 0.3) is 0 Å². The first-order chi connectivity index (χ1) is 15.8. The van der Waals surface area contributed by atoms with Crippen molar-refractivity contribution in [2.45, 2.75) is 68.5 Å². The fourth-order valence-electron chi connectivity index (χ4n) is 5.51. The second-order valence-electron chi connectivity index (χ2n) is 9.60. The van der Waals surface area contributed by atoms with Crippen LogP contribution in [0.5, 0.6) is 0 Å². The lowest BCUT2D eigenvalue weighted by Crippen LogP contribution is -2.81. The number of carbonyl (C=O) groups is 3. The molecule has 0 unspecified atom stereocenters. The van der Waals surface area contributed by atoms with Crippen LogP contribution in [0.4, 0.5) is 5.69 Å². The number of carbonyl (C=O) groups excluding carboxylic acids is 3. The minimum Gasteiger partial charge on any atom is -0.469 e. The lowest BCUT2D eigenvalue weighted by Gasteiger charge is -2.70. The molecule has 1 heterocycles. The van der Waals surface area contributed by atoms with Crippen LogP contribution in [0, 0.1) is 5.92 Å². The standard InChI is InChI=1S/C23H31ClN4O5/c1-32-8-7-19(29)28-23-11-22(12-23,13-23)27-17-9-18(24)25-10-16(17)20(30)26-15-5-3-14(4-6-15)21(31)33-2/h9-10,14-15H,3-8,11-13H2,1-2H3,(H,25,27)(H,26,30)(H,28,29)/t14-,15-,22?,23?. The van der Waals surface area contributed by atoms with E-state index in [4.69, 9.17) is 21.1 Å². The number of hydrogen-bond acceptors (Lipinski definition) is 7. The Morgan fingerprint density at radius 1 is 1.12 bits per heavy atom. The van der Waals surface area contributed by atoms with Crippen LogP contribution in [0.3, 0.4) is 0 Å². The van der Waals surface area contributed by atoms with E-state index >= 15 is 0 Å². The Kier molecular flexibility index (Phi) is 6.81. The monoisotopic (exact) mass is 478 g/mol. The number of anilines is 1. The molecule has 180 valence electrons. The van der Waals surface area contributed by atoms with Gasteiger partial charge in [-0.15, -0.1) is 0 Å². The van der Waals surface area contributed by atoms with Crippen molar-refractivity contribution < 1.29 is 23.9 Å². The van der Waals surface area contributed by atoms with Crippen molar-refractivity contribution >= 4 is 35.1 Å². The normalized spacial score (nSPS) is 29.8. The van der Waals surface area contributed by atoms with Crippen molar-refractivity contribution in [3.05, 3.63) is 23.0 Å². The summed E-state index contributed by atoms with van der Waals surface area (Å²) in [6.07, 6.45) is 7.10. The molecule has 0 spiro atoms. The van der Waals surface area contributed by atoms with Gasteiger partial charge in [0, 0.05) is 36.8 Å². The Morgan fingerprint density at radius 2 is 1.82 bits per heavy atom. The number of nitrogens with one attached hydrogen (secondary N) is 3. The lowest BCUT2D eigenvalue weighted by molar-refractivity contribution is -0.146. The maximum atomic E-state index is 13.0. The van der Waals surface area contributed by atoms with Crippen molar-refractivity contribution in [3.63, 3.8) is 0 Å². The van der Waals surface area contributed by atoms with E-state index < -0.39 is 0 Å². The third-order valence-corrected chi connectivity index (χ3v) is 7.29. The molecular formula is C23H31ClN4O5. The zero-order valence-electron chi connectivity index (χ0n) is 19.0. The molecule has 2 bridgehead atoms. The average molecular weight is 479 g/mol. The zero-order chi connectivity index (χ0) is 23.6. The van der Waals surface area contributed by atoms with Gasteiger partial charge in [0.2, 0.25) is 5.91 Å². The molecule has 0 radical (unpaired) electrons. The van der Waals surface area contributed by atoms with Gasteiger partial charge in [0.1, 0.15) is 5.15 Å². The number of amides is 2. The fourth-order valence-corrected chi connectivity index (χ4v) is 5.67. The van der Waals surface area contributed by atoms with Gasteiger partial charge in [-0.1, -0.05) is 11.6 Å². The summed E-state index contributed by atoms with van der Waals surface area (Å²) < 4.78 is 9.79. The average Bonchev–Trinajstić information content (AvgIpc) is 2.75. The molecule has 2 amide bonds. The third-order valence-electron chi connectivity index (χ3n) is 7.08. The van der Waals surface area contributed by atoms with Gasteiger partial charge in [-0.25, -0.2) is 4.98 Å². The summed E-state index contributed by atoms with van der Waals surface area (Å²) in [5, 5.41) is 9.99. The SMILES string of the molecule is COCCC(=O)NC12CC(Nc3cc(Cl)ncc3C(=O)N[C@H]3CC[C@H](C(=O)OC)CC3)(C1)C2. The highest BCUT2D eigenvalue weighted by Gasteiger charge is 2.68. The Hall–Kier alpha value is -2.39. The van der Waals surface area contributed by atoms with E-state index in [1.165, 1.54) is 13.3 Å². The van der Waals surface area contributed by atoms with Crippen LogP contribution in [-0.4, -0.2) is 60.7 Å². The highest BCUT2D eigenvalue weighted by Crippen LogP contribution is 2.62. The second-order valence-corrected chi connectivity index (χ2v) is 9.99. The summed E-state index contributed by atoms with van der Waals surface area (Å²) in [4.78, 5) is 40.9. The number of aromatic nitrogens is 1. The van der Waals surface area contributed by atoms with Crippen molar-refractivity contribution in [3.8, 4) is 0 Å². The molecule has 4 aliphatic carbocycles. The summed E-state index contributed by atoms with van der Waals surface area (Å²) in [5.74, 6) is -0.486. The molecule has 0 aromatic carbocycles. The predicted molar refractivity (Wildman–Crippen MR) is 122 cm³/mol. The molecule has 5 rings (SSSR count). The number of methoxy groups -OCH3 is 2. The second kappa shape index (κ2) is 9.46. The Morgan fingerprint density at radius 3 is 2.45 bits per heavy atom. The highest BCUT2D eigenvalue weighted by molar-refractivity contribution is 6.29. The topological polar surface area (TPSA) is 119 Å². The Balaban J connectivity index is 1.33. The molecule has 4 saturated carbocycles. The van der Waals surface area contributed by atoms with E-state index in [0.29, 0.717) is 42.3 Å². The lowest BCUT2D eigenvalue weighted by atomic mass is 9.44. The van der Waals surface area contributed by atoms with Gasteiger partial charge < -0.3 is 25.4 Å². The van der Waals surface area contributed by atoms with Crippen LogP contribution < -0.4 is 16.0 Å². The van der Waals surface area contributed by atoms with Gasteiger partial charge in [-0.05, 0) is 51.0 Å². The maximum absolute atomic E-state index is 13.0. The number of halogens is 1. The summed E-state index contributed by atoms with van der Waals surface area (Å²) >= 11 is 6.12. The summed E-state index contributed by atoms with van der Waals surface area (Å²) in [6.45, 7) is 0.406. The Labute approximate surface area is 198 Å². The minimum absolute atomic E-state index is 0.000840. The van der Waals surface area contributed by atoms with Gasteiger partial charge in [0.05, 0.1) is 30.9 Å². The van der Waals surface area contributed by atoms with Gasteiger partial charge >= 0.3 is 5.97 Å². The summed E-state index contributed by atoms with van der Waals surface area (Å²) in [6, 6.07) is 1.68. The molecule has 1 aromatic heterocycles. The molecule has 9 nitrogen and oxygen atoms in total. The van der Waals surface area contributed by atoms with Crippen LogP contribution >= 0.6 is 11.6 Å². The summed E-state index contributed by atoms with van der Waals surface area (Å²) in [5.41, 5.74) is 0.787. The first kappa shape index (κ1) is 23.8. The van der Waals surface area contributed by atoms with Crippen LogP contribution in [0.1, 0.15) is 61.7 Å². The van der Waals surface area contributed by atoms with E-state index in [1.54, 1.807) is 13.2 Å². The molecule has 33 heavy (non-hydrogen) atoms. The van der Waals surface area contributed by atoms with E-state index in [2.05, 4.69) is 20.9 Å². The van der Waals surface area contributed by atoms with Crippen molar-refractivity contribution in [1.29, 1.82) is 0 Å². The van der Waals surface area contributed by atoms with Crippen molar-refractivity contribution in [1.82, 2.24) is 15.6 Å². The zero-order valence-corrected chi connectivity index (χ0v) is 19.8. The van der Waals surface area contributed by atoms with Gasteiger partial charge in [-0.3, -0.25) is 14.4 Å². The van der Waals surface area contributed by atoms with E-state index in [1.807, 2.05) is 0 Å². The number of rotatable bonds is 9. The number of pyridine rings is 1. The first-order valence-corrected chi connectivity index (χ1v) is 11.8. The number of hydrogen-bond donors (Lipinski definition) is 3. The highest BCUT2D eigenvalue weighted by atomic mass is 35.5. The molecule has 0 atom stereocenters. The van der Waals surface area contributed by atoms with E-state index in [-0.39, 0.29) is 40.8 Å². The van der Waals surface area contributed by atoms with Crippen molar-refractivity contribution in [2.75, 3.05) is 26.1 Å². The predicted octanol–water partition coefficient (Wildman–Crippen LogP) is 2.44. The largest absolute Gasteiger partial charge is 0.469 e. The van der Waals surface area contributed by atoms with Gasteiger partial charge in [0.15, 0.2) is 0 Å². The molecule has 4 aliphatic rings. The number of esters is 1. The smallest absolute Gasteiger partial charge is 0.308 e. The quantitative estimate of drug-likeness (QED) is 0.368. The molecular weight excluding hydrogens is 448 g/mol. The van der Waals surface area contributed by atoms with Crippen molar-refractivity contribution in [2.24, 2.45) is 5.92 Å². The molecule has 10 heteroatoms. The third kappa shape index (κ3) is 5.09. The van der Waals surface area contributed by atoms with Crippen LogP contribution in [0.15, 0.2) is 12.3 Å². The summed E-state index contributed by atoms with van der Waals surface area (Å²) in [7, 11) is 2.98. The van der Waals surface area contributed by atoms with Crippen LogP contribution in [-0.2, 0) is 19.1 Å². The van der Waals surface area contributed by atoms with Gasteiger partial charge in [0.25, 0.3) is 5.91 Å². The van der Waals surface area contributed by atoms with E-state index in [0.717, 1.165) is 32.1 Å². The number of ether oxygens (including phenoxy) is 2. The van der Waals surface area contributed by atoms with Gasteiger partial charge in [-0.2, -0.15) is 0 Å².